The van der Waals surface area contributed by atoms with Crippen molar-refractivity contribution >= 4 is 45.5 Å². The van der Waals surface area contributed by atoms with Gasteiger partial charge in [0.15, 0.2) is 4.96 Å². The average Bonchev–Trinajstić information content (AvgIpc) is 3.29. The third-order valence-electron chi connectivity index (χ3n) is 5.38. The molecule has 11 nitrogen and oxygen atoms in total. The van der Waals surface area contributed by atoms with Crippen LogP contribution >= 0.6 is 11.3 Å². The third-order valence-corrected chi connectivity index (χ3v) is 6.42. The second kappa shape index (κ2) is 11.1. The van der Waals surface area contributed by atoms with Gasteiger partial charge in [0.05, 0.1) is 32.1 Å². The minimum Gasteiger partial charge on any atom is -0.497 e. The van der Waals surface area contributed by atoms with Gasteiger partial charge >= 0.3 is 5.97 Å². The van der Waals surface area contributed by atoms with Crippen LogP contribution in [0.2, 0.25) is 0 Å². The Morgan fingerprint density at radius 1 is 0.974 bits per heavy atom. The number of nitrogens with zero attached hydrogens (tertiary/aromatic N) is 2. The Morgan fingerprint density at radius 3 is 2.37 bits per heavy atom. The van der Waals surface area contributed by atoms with E-state index in [0.717, 1.165) is 15.7 Å². The highest BCUT2D eigenvalue weighted by Crippen LogP contribution is 2.30. The number of ether oxygens (including phenoxy) is 3. The number of fused-ring (bicyclic) bond motifs is 1. The predicted octanol–water partition coefficient (Wildman–Crippen LogP) is 3.76. The van der Waals surface area contributed by atoms with Crippen molar-refractivity contribution in [2.75, 3.05) is 31.5 Å². The molecule has 0 spiro atoms. The molecule has 0 saturated heterocycles. The first-order valence-electron chi connectivity index (χ1n) is 11.4. The van der Waals surface area contributed by atoms with Crippen LogP contribution in [-0.4, -0.2) is 48.0 Å². The van der Waals surface area contributed by atoms with Crippen LogP contribution in [0.15, 0.2) is 53.3 Å². The van der Waals surface area contributed by atoms with Gasteiger partial charge in [-0.15, -0.1) is 0 Å². The summed E-state index contributed by atoms with van der Waals surface area (Å²) in [6, 6.07) is 12.2. The van der Waals surface area contributed by atoms with Crippen molar-refractivity contribution in [3.8, 4) is 11.5 Å². The van der Waals surface area contributed by atoms with E-state index in [4.69, 9.17) is 14.2 Å². The maximum atomic E-state index is 13.5. The minimum atomic E-state index is -0.713. The van der Waals surface area contributed by atoms with Gasteiger partial charge in [-0.05, 0) is 50.2 Å². The maximum Gasteiger partial charge on any atom is 0.338 e. The Hall–Kier alpha value is -4.71. The molecule has 2 N–H and O–H groups in total. The quantitative estimate of drug-likeness (QED) is 0.325. The maximum absolute atomic E-state index is 13.5. The summed E-state index contributed by atoms with van der Waals surface area (Å²) in [5, 5.41) is 5.41. The van der Waals surface area contributed by atoms with Crippen LogP contribution in [0.5, 0.6) is 11.5 Å². The van der Waals surface area contributed by atoms with Crippen LogP contribution in [0.25, 0.3) is 4.96 Å². The summed E-state index contributed by atoms with van der Waals surface area (Å²) in [5.74, 6) is -0.982. The second-order valence-corrected chi connectivity index (χ2v) is 8.88. The number of benzene rings is 2. The molecule has 0 aliphatic heterocycles. The van der Waals surface area contributed by atoms with Gasteiger partial charge in [0.1, 0.15) is 22.1 Å². The number of aromatic nitrogens is 2. The minimum absolute atomic E-state index is 0.0281. The van der Waals surface area contributed by atoms with Crippen LogP contribution in [-0.2, 0) is 4.74 Å². The molecule has 2 amide bonds. The number of nitrogens with one attached hydrogen (secondary N) is 2. The second-order valence-electron chi connectivity index (χ2n) is 7.91. The van der Waals surface area contributed by atoms with Crippen molar-refractivity contribution in [1.29, 1.82) is 0 Å². The molecule has 0 bridgehead atoms. The van der Waals surface area contributed by atoms with Crippen molar-refractivity contribution < 1.29 is 28.6 Å². The predicted molar refractivity (Wildman–Crippen MR) is 142 cm³/mol. The molecule has 2 aromatic carbocycles. The molecule has 0 atom stereocenters. The van der Waals surface area contributed by atoms with Crippen LogP contribution < -0.4 is 25.7 Å². The topological polar surface area (TPSA) is 137 Å². The molecule has 0 aliphatic rings. The lowest BCUT2D eigenvalue weighted by atomic mass is 10.2. The van der Waals surface area contributed by atoms with E-state index in [0.29, 0.717) is 34.1 Å². The van der Waals surface area contributed by atoms with Gasteiger partial charge in [-0.25, -0.2) is 14.2 Å². The molecule has 2 aromatic heterocycles. The van der Waals surface area contributed by atoms with Gasteiger partial charge in [0, 0.05) is 23.5 Å². The number of anilines is 2. The first kappa shape index (κ1) is 26.4. The lowest BCUT2D eigenvalue weighted by Gasteiger charge is -2.12. The fourth-order valence-electron chi connectivity index (χ4n) is 3.62. The Balaban J connectivity index is 1.71. The number of carbonyl (C=O) groups excluding carboxylic acids is 3. The zero-order chi connectivity index (χ0) is 27.4. The number of amides is 2. The van der Waals surface area contributed by atoms with E-state index in [1.54, 1.807) is 32.0 Å². The normalized spacial score (nSPS) is 10.6. The zero-order valence-electron chi connectivity index (χ0n) is 21.0. The number of aryl methyl sites for hydroxylation is 1. The first-order valence-corrected chi connectivity index (χ1v) is 12.2. The average molecular weight is 537 g/mol. The van der Waals surface area contributed by atoms with Gasteiger partial charge in [-0.2, -0.15) is 0 Å². The Kier molecular flexibility index (Phi) is 7.72. The summed E-state index contributed by atoms with van der Waals surface area (Å²) in [7, 11) is 2.94. The molecule has 196 valence electrons. The smallest absolute Gasteiger partial charge is 0.338 e. The van der Waals surface area contributed by atoms with E-state index in [2.05, 4.69) is 15.6 Å². The van der Waals surface area contributed by atoms with Crippen LogP contribution in [0.1, 0.15) is 43.1 Å². The molecule has 0 unspecified atom stereocenters. The van der Waals surface area contributed by atoms with E-state index in [1.807, 2.05) is 0 Å². The summed E-state index contributed by atoms with van der Waals surface area (Å²) < 4.78 is 16.6. The fourth-order valence-corrected chi connectivity index (χ4v) is 4.69. The Labute approximate surface area is 221 Å². The third kappa shape index (κ3) is 5.34. The first-order chi connectivity index (χ1) is 18.2. The summed E-state index contributed by atoms with van der Waals surface area (Å²) in [6.45, 7) is 3.59. The standard InChI is InChI=1S/C26H24N4O7S/c1-5-37-25(34)15-6-8-16(9-7-15)28-24(33)22-21(30-20(31)12-14(2)27-26(30)38-22)23(32)29-18-11-10-17(35-3)13-19(18)36-4/h6-13H,5H2,1-4H3,(H,28,33)(H,29,32). The number of esters is 1. The monoisotopic (exact) mass is 536 g/mol. The summed E-state index contributed by atoms with van der Waals surface area (Å²) >= 11 is 0.903. The number of hydrogen-bond acceptors (Lipinski definition) is 9. The SMILES string of the molecule is CCOC(=O)c1ccc(NC(=O)c2sc3nc(C)cc(=O)n3c2C(=O)Nc2ccc(OC)cc2OC)cc1. The lowest BCUT2D eigenvalue weighted by molar-refractivity contribution is 0.0526. The van der Waals surface area contributed by atoms with E-state index < -0.39 is 23.3 Å². The molecule has 2 heterocycles. The van der Waals surface area contributed by atoms with Crippen molar-refractivity contribution in [3.05, 3.63) is 80.7 Å². The number of rotatable bonds is 8. The molecule has 12 heteroatoms. The molecule has 0 fully saturated rings. The molecular formula is C26H24N4O7S. The van der Waals surface area contributed by atoms with Crippen LogP contribution in [0.4, 0.5) is 11.4 Å². The van der Waals surface area contributed by atoms with Crippen molar-refractivity contribution in [2.24, 2.45) is 0 Å². The van der Waals surface area contributed by atoms with Gasteiger partial charge in [0.25, 0.3) is 17.4 Å². The van der Waals surface area contributed by atoms with E-state index in [9.17, 15) is 19.2 Å². The number of methoxy groups -OCH3 is 2. The van der Waals surface area contributed by atoms with Crippen molar-refractivity contribution in [1.82, 2.24) is 9.38 Å². The van der Waals surface area contributed by atoms with E-state index in [-0.39, 0.29) is 22.1 Å². The summed E-state index contributed by atoms with van der Waals surface area (Å²) in [4.78, 5) is 56.1. The molecule has 0 saturated carbocycles. The number of carbonyl (C=O) groups is 3. The van der Waals surface area contributed by atoms with E-state index in [1.165, 1.54) is 44.6 Å². The van der Waals surface area contributed by atoms with E-state index >= 15 is 0 Å². The highest BCUT2D eigenvalue weighted by molar-refractivity contribution is 7.19. The van der Waals surface area contributed by atoms with Crippen molar-refractivity contribution in [3.63, 3.8) is 0 Å². The molecule has 38 heavy (non-hydrogen) atoms. The lowest BCUT2D eigenvalue weighted by Crippen LogP contribution is -2.25. The Morgan fingerprint density at radius 2 is 1.71 bits per heavy atom. The molecule has 0 radical (unpaired) electrons. The van der Waals surface area contributed by atoms with Gasteiger partial charge < -0.3 is 24.8 Å². The number of thiazole rings is 1. The molecular weight excluding hydrogens is 512 g/mol. The zero-order valence-corrected chi connectivity index (χ0v) is 21.8. The largest absolute Gasteiger partial charge is 0.497 e. The highest BCUT2D eigenvalue weighted by Gasteiger charge is 2.27. The molecule has 4 aromatic rings. The van der Waals surface area contributed by atoms with Crippen LogP contribution in [0, 0.1) is 6.92 Å². The highest BCUT2D eigenvalue weighted by atomic mass is 32.1. The molecule has 0 aliphatic carbocycles. The fraction of sp³-hybridized carbons (Fsp3) is 0.192. The Bertz CT molecular complexity index is 1590. The number of hydrogen-bond donors (Lipinski definition) is 2. The molecule has 4 rings (SSSR count). The summed E-state index contributed by atoms with van der Waals surface area (Å²) in [6.07, 6.45) is 0. The van der Waals surface area contributed by atoms with Crippen molar-refractivity contribution in [2.45, 2.75) is 13.8 Å². The van der Waals surface area contributed by atoms with Crippen LogP contribution in [0.3, 0.4) is 0 Å². The van der Waals surface area contributed by atoms with Gasteiger partial charge in [0.2, 0.25) is 0 Å². The van der Waals surface area contributed by atoms with Gasteiger partial charge in [-0.3, -0.25) is 14.4 Å². The van der Waals surface area contributed by atoms with Gasteiger partial charge in [-0.1, -0.05) is 11.3 Å². The summed E-state index contributed by atoms with van der Waals surface area (Å²) in [5.41, 5.74) is 0.772.